The first-order chi connectivity index (χ1) is 9.65. The molecule has 20 heavy (non-hydrogen) atoms. The van der Waals surface area contributed by atoms with Gasteiger partial charge in [-0.1, -0.05) is 23.7 Å². The molecule has 1 radical (unpaired) electrons. The second kappa shape index (κ2) is 5.84. The molecule has 0 amide bonds. The number of halogens is 1. The van der Waals surface area contributed by atoms with Gasteiger partial charge in [0.15, 0.2) is 6.29 Å². The molecule has 2 heterocycles. The average molecular weight is 310 g/mol. The zero-order valence-electron chi connectivity index (χ0n) is 11.0. The van der Waals surface area contributed by atoms with Crippen LogP contribution < -0.4 is 0 Å². The van der Waals surface area contributed by atoms with E-state index < -0.39 is 6.10 Å². The number of ether oxygens (including phenoxy) is 2. The van der Waals surface area contributed by atoms with Crippen LogP contribution in [0.15, 0.2) is 30.3 Å². The van der Waals surface area contributed by atoms with Gasteiger partial charge in [0.2, 0.25) is 0 Å². The fourth-order valence-electron chi connectivity index (χ4n) is 2.27. The van der Waals surface area contributed by atoms with E-state index in [1.54, 1.807) is 29.5 Å². The van der Waals surface area contributed by atoms with Crippen LogP contribution in [0, 0.1) is 6.92 Å². The van der Waals surface area contributed by atoms with Crippen molar-refractivity contribution in [3.63, 3.8) is 0 Å². The molecule has 1 aromatic heterocycles. The Hall–Kier alpha value is -0.910. The molecule has 3 nitrogen and oxygen atoms in total. The normalized spacial score (nSPS) is 17.6. The van der Waals surface area contributed by atoms with Crippen molar-refractivity contribution in [3.05, 3.63) is 56.2 Å². The molecule has 1 saturated heterocycles. The van der Waals surface area contributed by atoms with E-state index in [2.05, 4.69) is 0 Å². The van der Waals surface area contributed by atoms with Gasteiger partial charge in [-0.15, -0.1) is 11.3 Å². The lowest BCUT2D eigenvalue weighted by Crippen LogP contribution is -1.98. The van der Waals surface area contributed by atoms with E-state index in [4.69, 9.17) is 21.1 Å². The summed E-state index contributed by atoms with van der Waals surface area (Å²) < 4.78 is 11.0. The molecule has 3 rings (SSSR count). The van der Waals surface area contributed by atoms with E-state index in [-0.39, 0.29) is 6.29 Å². The number of hydrogen-bond donors (Lipinski definition) is 0. The maximum Gasteiger partial charge on any atom is 0.193 e. The SMILES string of the molecule is Cc1sc(C2OCCO2)cc1C([O])c1cccc(Cl)c1. The first-order valence-electron chi connectivity index (χ1n) is 6.40. The van der Waals surface area contributed by atoms with Crippen molar-refractivity contribution in [2.24, 2.45) is 0 Å². The van der Waals surface area contributed by atoms with Crippen LogP contribution in [0.2, 0.25) is 5.02 Å². The lowest BCUT2D eigenvalue weighted by molar-refractivity contribution is -0.0414. The van der Waals surface area contributed by atoms with Crippen LogP contribution in [0.25, 0.3) is 0 Å². The molecule has 2 aromatic rings. The molecule has 1 aliphatic heterocycles. The molecule has 105 valence electrons. The molecule has 5 heteroatoms. The first-order valence-corrected chi connectivity index (χ1v) is 7.59. The monoisotopic (exact) mass is 309 g/mol. The molecular weight excluding hydrogens is 296 g/mol. The fourth-order valence-corrected chi connectivity index (χ4v) is 3.52. The molecule has 1 unspecified atom stereocenters. The third-order valence-corrected chi connectivity index (χ3v) is 4.59. The first kappa shape index (κ1) is 14.0. The topological polar surface area (TPSA) is 38.4 Å². The minimum Gasteiger partial charge on any atom is -0.345 e. The van der Waals surface area contributed by atoms with Crippen LogP contribution in [0.4, 0.5) is 0 Å². The zero-order chi connectivity index (χ0) is 14.1. The second-order valence-corrected chi connectivity index (χ2v) is 6.39. The average Bonchev–Trinajstić information content (AvgIpc) is 3.07. The molecule has 1 fully saturated rings. The van der Waals surface area contributed by atoms with Crippen LogP contribution in [-0.2, 0) is 14.6 Å². The molecule has 0 N–H and O–H groups in total. The number of hydrogen-bond acceptors (Lipinski definition) is 3. The van der Waals surface area contributed by atoms with Gasteiger partial charge in [-0.2, -0.15) is 0 Å². The van der Waals surface area contributed by atoms with E-state index >= 15 is 0 Å². The Kier molecular flexibility index (Phi) is 4.10. The summed E-state index contributed by atoms with van der Waals surface area (Å²) in [6.07, 6.45) is -1.25. The highest BCUT2D eigenvalue weighted by Gasteiger charge is 2.24. The summed E-state index contributed by atoms with van der Waals surface area (Å²) in [6, 6.07) is 8.99. The third kappa shape index (κ3) is 2.75. The van der Waals surface area contributed by atoms with Gasteiger partial charge >= 0.3 is 0 Å². The Bertz CT molecular complexity index is 605. The molecule has 1 aliphatic rings. The highest BCUT2D eigenvalue weighted by molar-refractivity contribution is 7.12. The minimum absolute atomic E-state index is 0.320. The maximum atomic E-state index is 12.6. The van der Waals surface area contributed by atoms with Crippen molar-refractivity contribution in [2.45, 2.75) is 19.3 Å². The van der Waals surface area contributed by atoms with Crippen molar-refractivity contribution >= 4 is 22.9 Å². The van der Waals surface area contributed by atoms with Crippen molar-refractivity contribution in [3.8, 4) is 0 Å². The lowest BCUT2D eigenvalue weighted by atomic mass is 10.0. The standard InChI is InChI=1S/C15H14ClO3S/c1-9-12(8-13(20-9)15-18-5-6-19-15)14(17)10-3-2-4-11(16)7-10/h2-4,7-8,14-15H,5-6H2,1H3. The molecular formula is C15H14ClO3S. The summed E-state index contributed by atoms with van der Waals surface area (Å²) in [5.74, 6) is 0. The summed E-state index contributed by atoms with van der Waals surface area (Å²) in [4.78, 5) is 1.96. The molecule has 1 aromatic carbocycles. The van der Waals surface area contributed by atoms with Crippen molar-refractivity contribution in [1.29, 1.82) is 0 Å². The summed E-state index contributed by atoms with van der Waals surface area (Å²) in [5.41, 5.74) is 1.45. The van der Waals surface area contributed by atoms with Gasteiger partial charge in [0.1, 0.15) is 6.10 Å². The van der Waals surface area contributed by atoms with E-state index in [9.17, 15) is 5.11 Å². The highest BCUT2D eigenvalue weighted by atomic mass is 35.5. The number of rotatable bonds is 3. The molecule has 1 atom stereocenters. The summed E-state index contributed by atoms with van der Waals surface area (Å²) in [7, 11) is 0. The van der Waals surface area contributed by atoms with Gasteiger partial charge in [0.05, 0.1) is 18.1 Å². The van der Waals surface area contributed by atoms with Crippen molar-refractivity contribution in [1.82, 2.24) is 0 Å². The van der Waals surface area contributed by atoms with Gasteiger partial charge in [0, 0.05) is 15.5 Å². The molecule has 0 bridgehead atoms. The number of benzene rings is 1. The minimum atomic E-state index is -0.930. The Morgan fingerprint density at radius 3 is 2.75 bits per heavy atom. The Balaban J connectivity index is 1.89. The third-order valence-electron chi connectivity index (χ3n) is 3.26. The fraction of sp³-hybridized carbons (Fsp3) is 0.333. The number of thiophene rings is 1. The van der Waals surface area contributed by atoms with E-state index in [1.807, 2.05) is 19.1 Å². The second-order valence-electron chi connectivity index (χ2n) is 4.67. The Morgan fingerprint density at radius 2 is 2.05 bits per heavy atom. The smallest absolute Gasteiger partial charge is 0.193 e. The molecule has 0 aliphatic carbocycles. The van der Waals surface area contributed by atoms with Crippen LogP contribution in [0.3, 0.4) is 0 Å². The summed E-state index contributed by atoms with van der Waals surface area (Å²) in [6.45, 7) is 3.16. The van der Waals surface area contributed by atoms with Crippen molar-refractivity contribution < 1.29 is 14.6 Å². The van der Waals surface area contributed by atoms with E-state index in [0.717, 1.165) is 15.3 Å². The quantitative estimate of drug-likeness (QED) is 0.849. The predicted molar refractivity (Wildman–Crippen MR) is 77.7 cm³/mol. The highest BCUT2D eigenvalue weighted by Crippen LogP contribution is 2.37. The predicted octanol–water partition coefficient (Wildman–Crippen LogP) is 4.28. The summed E-state index contributed by atoms with van der Waals surface area (Å²) in [5, 5.41) is 13.2. The van der Waals surface area contributed by atoms with Crippen LogP contribution in [0.1, 0.15) is 33.3 Å². The molecule has 0 spiro atoms. The van der Waals surface area contributed by atoms with Gasteiger partial charge in [-0.25, -0.2) is 5.11 Å². The molecule has 0 saturated carbocycles. The Morgan fingerprint density at radius 1 is 1.30 bits per heavy atom. The van der Waals surface area contributed by atoms with Gasteiger partial charge in [0.25, 0.3) is 0 Å². The number of aryl methyl sites for hydroxylation is 1. The van der Waals surface area contributed by atoms with Gasteiger partial charge in [-0.3, -0.25) is 0 Å². The Labute approximate surface area is 126 Å². The lowest BCUT2D eigenvalue weighted by Gasteiger charge is -2.09. The van der Waals surface area contributed by atoms with Gasteiger partial charge < -0.3 is 9.47 Å². The van der Waals surface area contributed by atoms with Crippen LogP contribution in [0.5, 0.6) is 0 Å². The van der Waals surface area contributed by atoms with Gasteiger partial charge in [-0.05, 0) is 30.7 Å². The summed E-state index contributed by atoms with van der Waals surface area (Å²) >= 11 is 7.50. The van der Waals surface area contributed by atoms with Crippen molar-refractivity contribution in [2.75, 3.05) is 13.2 Å². The maximum absolute atomic E-state index is 12.6. The van der Waals surface area contributed by atoms with E-state index in [0.29, 0.717) is 23.8 Å². The van der Waals surface area contributed by atoms with Crippen LogP contribution in [-0.4, -0.2) is 13.2 Å². The van der Waals surface area contributed by atoms with E-state index in [1.165, 1.54) is 0 Å². The largest absolute Gasteiger partial charge is 0.345 e. The van der Waals surface area contributed by atoms with Crippen LogP contribution >= 0.6 is 22.9 Å². The zero-order valence-corrected chi connectivity index (χ0v) is 12.5.